The Balaban J connectivity index is 0.000000323. The van der Waals surface area contributed by atoms with Gasteiger partial charge in [0.15, 0.2) is 6.54 Å². The van der Waals surface area contributed by atoms with Gasteiger partial charge in [-0.1, -0.05) is 91.0 Å². The molecule has 0 saturated heterocycles. The topological polar surface area (TPSA) is 24.1 Å². The molecule has 0 atom stereocenters. The Morgan fingerprint density at radius 3 is 0.889 bits per heavy atom. The Bertz CT molecular complexity index is 3130. The van der Waals surface area contributed by atoms with Gasteiger partial charge < -0.3 is 5.11 Å². The fourth-order valence-electron chi connectivity index (χ4n) is 9.15. The van der Waals surface area contributed by atoms with Crippen LogP contribution in [0.4, 0.5) is 105 Å². The van der Waals surface area contributed by atoms with E-state index in [9.17, 15) is 110 Å². The lowest BCUT2D eigenvalue weighted by molar-refractivity contribution is -0.651. The average Bonchev–Trinajstić information content (AvgIpc) is 3.35. The van der Waals surface area contributed by atoms with E-state index in [0.717, 1.165) is 17.8 Å². The predicted octanol–water partition coefficient (Wildman–Crippen LogP) is 15.8. The van der Waals surface area contributed by atoms with Gasteiger partial charge in [-0.05, 0) is 60.7 Å². The van der Waals surface area contributed by atoms with E-state index in [1.165, 1.54) is 16.5 Å². The van der Waals surface area contributed by atoms with Crippen molar-refractivity contribution in [2.75, 3.05) is 0 Å². The zero-order valence-corrected chi connectivity index (χ0v) is 39.8. The number of hydrogen-bond acceptors (Lipinski definition) is 1. The highest BCUT2D eigenvalue weighted by atomic mass is 19.4. The first-order chi connectivity index (χ1) is 37.1. The maximum absolute atomic E-state index is 14.2. The van der Waals surface area contributed by atoms with Gasteiger partial charge in [-0.25, -0.2) is 0 Å². The number of halogens is 24. The quantitative estimate of drug-likeness (QED) is 0.0960. The minimum atomic E-state index is -6.13. The molecule has 8 rings (SSSR count). The average molecular weight is 1180 g/mol. The number of phenolic OH excluding ortho intramolecular Hbond substituents is 1. The number of hydrogen-bond donors (Lipinski definition) is 1. The molecule has 8 aromatic rings. The van der Waals surface area contributed by atoms with Crippen LogP contribution in [0.2, 0.25) is 0 Å². The largest absolute Gasteiger partial charge is 0.508 e. The summed E-state index contributed by atoms with van der Waals surface area (Å²) in [5.74, 6) is 0.286. The van der Waals surface area contributed by atoms with Gasteiger partial charge >= 0.3 is 49.4 Å². The van der Waals surface area contributed by atoms with Crippen LogP contribution in [0.25, 0.3) is 22.2 Å². The van der Waals surface area contributed by atoms with Crippen molar-refractivity contribution in [3.05, 3.63) is 214 Å². The molecule has 1 N–H and O–H groups in total. The van der Waals surface area contributed by atoms with Crippen LogP contribution in [0.3, 0.4) is 0 Å². The third-order valence-corrected chi connectivity index (χ3v) is 12.7. The highest BCUT2D eigenvalue weighted by Crippen LogP contribution is 2.42. The van der Waals surface area contributed by atoms with Gasteiger partial charge in [0.2, 0.25) is 11.2 Å². The minimum Gasteiger partial charge on any atom is -0.508 e. The van der Waals surface area contributed by atoms with Crippen molar-refractivity contribution in [3.63, 3.8) is 0 Å². The van der Waals surface area contributed by atoms with Crippen molar-refractivity contribution in [1.82, 2.24) is 0 Å². The molecule has 0 aliphatic heterocycles. The number of nitrogens with zero attached hydrogens (tertiary/aromatic N) is 1. The van der Waals surface area contributed by atoms with Crippen LogP contribution in [0.5, 0.6) is 5.75 Å². The highest BCUT2D eigenvalue weighted by molar-refractivity contribution is 7.20. The third kappa shape index (κ3) is 13.5. The molecule has 0 saturated carbocycles. The minimum absolute atomic E-state index is 0.286. The second kappa shape index (κ2) is 21.2. The first kappa shape index (κ1) is 60.8. The number of rotatable bonds is 7. The van der Waals surface area contributed by atoms with Crippen molar-refractivity contribution in [2.45, 2.75) is 56.0 Å². The van der Waals surface area contributed by atoms with Crippen molar-refractivity contribution >= 4 is 38.9 Å². The smallest absolute Gasteiger partial charge is 0.416 e. The van der Waals surface area contributed by atoms with Crippen LogP contribution >= 0.6 is 0 Å². The fraction of sp³-hybridized carbons (Fsp3) is 0.167. The van der Waals surface area contributed by atoms with Gasteiger partial charge in [0.05, 0.1) is 44.5 Å². The lowest BCUT2D eigenvalue weighted by Gasteiger charge is -2.46. The molecule has 0 spiro atoms. The van der Waals surface area contributed by atoms with E-state index in [0.29, 0.717) is 0 Å². The summed E-state index contributed by atoms with van der Waals surface area (Å²) in [6.07, 6.45) is -54.8. The zero-order valence-electron chi connectivity index (χ0n) is 39.8. The van der Waals surface area contributed by atoms with Gasteiger partial charge in [-0.2, -0.15) is 132 Å². The molecule has 81 heavy (non-hydrogen) atoms. The van der Waals surface area contributed by atoms with Crippen molar-refractivity contribution in [3.8, 4) is 17.0 Å². The molecule has 27 heteroatoms. The Kier molecular flexibility index (Phi) is 15.9. The summed E-state index contributed by atoms with van der Waals surface area (Å²) >= 11 is 0. The first-order valence-corrected chi connectivity index (χ1v) is 22.7. The molecule has 0 fully saturated rings. The fourth-order valence-corrected chi connectivity index (χ4v) is 9.15. The molecular formula is C54H30BF24NO. The molecule has 0 bridgehead atoms. The Morgan fingerprint density at radius 1 is 0.309 bits per heavy atom. The summed E-state index contributed by atoms with van der Waals surface area (Å²) < 4.78 is 343. The standard InChI is InChI=1S/C32H12BF24.C22H17NO/c34-25(35,36)13-1-14(26(37,38)39)6-21(5-13)33(22-7-15(27(40,41)42)2-16(8-22)28(43,44)45,23-9-17(29(46,47)48)3-18(10-23)30(49,50)51)24-11-19(31(52,53)54)4-20(12-24)32(55,56)57;24-20-13-10-19(11-14-20)22-15-12-18-8-4-5-9-21(18)23(22)16-17-6-2-1-3-7-17/h1-12H;1-15H,16H2/q-1;/p+1. The molecule has 1 heterocycles. The van der Waals surface area contributed by atoms with Crippen LogP contribution in [-0.2, 0) is 56.0 Å². The van der Waals surface area contributed by atoms with Crippen LogP contribution < -0.4 is 26.4 Å². The molecule has 0 aliphatic carbocycles. The summed E-state index contributed by atoms with van der Waals surface area (Å²) in [5.41, 5.74) is -25.5. The zero-order chi connectivity index (χ0) is 60.3. The number of phenols is 1. The van der Waals surface area contributed by atoms with Crippen LogP contribution in [0, 0.1) is 0 Å². The van der Waals surface area contributed by atoms with E-state index >= 15 is 0 Å². The predicted molar refractivity (Wildman–Crippen MR) is 247 cm³/mol. The maximum atomic E-state index is 14.2. The van der Waals surface area contributed by atoms with Crippen molar-refractivity contribution < 1.29 is 115 Å². The lowest BCUT2D eigenvalue weighted by Crippen LogP contribution is -2.75. The van der Waals surface area contributed by atoms with Crippen LogP contribution in [-0.4, -0.2) is 11.3 Å². The molecule has 0 amide bonds. The third-order valence-electron chi connectivity index (χ3n) is 12.7. The van der Waals surface area contributed by atoms with Crippen LogP contribution in [0.1, 0.15) is 50.1 Å². The van der Waals surface area contributed by atoms with E-state index < -0.39 is 195 Å². The monoisotopic (exact) mass is 1180 g/mol. The van der Waals surface area contributed by atoms with E-state index in [1.807, 2.05) is 18.2 Å². The van der Waals surface area contributed by atoms with E-state index in [2.05, 4.69) is 65.2 Å². The summed E-state index contributed by atoms with van der Waals surface area (Å²) in [5, 5.41) is 10.8. The molecule has 0 aliphatic rings. The molecule has 2 nitrogen and oxygen atoms in total. The number of pyridine rings is 1. The summed E-state index contributed by atoms with van der Waals surface area (Å²) in [7, 11) is 0. The first-order valence-electron chi connectivity index (χ1n) is 22.7. The van der Waals surface area contributed by atoms with Gasteiger partial charge in [0.1, 0.15) is 11.9 Å². The Morgan fingerprint density at radius 2 is 0.593 bits per heavy atom. The molecule has 1 aromatic heterocycles. The summed E-state index contributed by atoms with van der Waals surface area (Å²) in [6.45, 7) is 0.804. The Labute approximate surface area is 440 Å². The second-order valence-corrected chi connectivity index (χ2v) is 18.1. The number of alkyl halides is 24. The molecule has 0 radical (unpaired) electrons. The molecule has 0 unspecified atom stereocenters. The number of aromatic nitrogens is 1. The van der Waals surface area contributed by atoms with E-state index in [-0.39, 0.29) is 5.75 Å². The number of benzene rings is 7. The highest BCUT2D eigenvalue weighted by Gasteiger charge is 2.47. The SMILES string of the molecule is FC(F)(F)c1cc([B-](c2cc(C(F)(F)F)cc(C(F)(F)F)c2)(c2cc(C(F)(F)F)cc(C(F)(F)F)c2)c2cc(C(F)(F)F)cc(C(F)(F)F)c2)cc(C(F)(F)F)c1.Oc1ccc(-c2ccc3ccccc3[n+]2Cc2ccccc2)cc1. The lowest BCUT2D eigenvalue weighted by atomic mass is 9.12. The van der Waals surface area contributed by atoms with Gasteiger partial charge in [0, 0.05) is 28.6 Å². The van der Waals surface area contributed by atoms with Crippen molar-refractivity contribution in [2.24, 2.45) is 0 Å². The molecule has 428 valence electrons. The van der Waals surface area contributed by atoms with Gasteiger partial charge in [0.25, 0.3) is 0 Å². The van der Waals surface area contributed by atoms with Gasteiger partial charge in [-0.3, -0.25) is 0 Å². The normalized spacial score (nSPS) is 13.3. The summed E-state index contributed by atoms with van der Waals surface area (Å²) in [4.78, 5) is 0. The van der Waals surface area contributed by atoms with Gasteiger partial charge in [-0.15, -0.1) is 0 Å². The Hall–Kier alpha value is -7.87. The molecular weight excluding hydrogens is 1150 g/mol. The van der Waals surface area contributed by atoms with Crippen molar-refractivity contribution in [1.29, 1.82) is 0 Å². The van der Waals surface area contributed by atoms with Crippen LogP contribution in [0.15, 0.2) is 164 Å². The second-order valence-electron chi connectivity index (χ2n) is 18.1. The number of para-hydroxylation sites is 1. The number of aromatic hydroxyl groups is 1. The van der Waals surface area contributed by atoms with E-state index in [4.69, 9.17) is 0 Å². The van der Waals surface area contributed by atoms with E-state index in [1.54, 1.807) is 12.1 Å². The molecule has 7 aromatic carbocycles. The maximum Gasteiger partial charge on any atom is 0.416 e. The summed E-state index contributed by atoms with van der Waals surface area (Å²) in [6, 6.07) is 21.8. The number of fused-ring (bicyclic) bond motifs is 1.